The third-order valence-corrected chi connectivity index (χ3v) is 4.03. The molecule has 1 aliphatic heterocycles. The molecule has 2 atom stereocenters. The van der Waals surface area contributed by atoms with E-state index in [1.54, 1.807) is 0 Å². The first-order valence-corrected chi connectivity index (χ1v) is 5.74. The molecule has 1 heterocycles. The van der Waals surface area contributed by atoms with Crippen molar-refractivity contribution < 1.29 is 0 Å². The van der Waals surface area contributed by atoms with Crippen LogP contribution < -0.4 is 0 Å². The maximum atomic E-state index is 2.27. The van der Waals surface area contributed by atoms with Crippen molar-refractivity contribution in [1.29, 1.82) is 0 Å². The Labute approximate surface area is 70.6 Å². The van der Waals surface area contributed by atoms with Crippen LogP contribution in [0.15, 0.2) is 23.6 Å². The van der Waals surface area contributed by atoms with Crippen LogP contribution in [0.1, 0.15) is 13.8 Å². The number of hydrogen-bond donors (Lipinski definition) is 0. The summed E-state index contributed by atoms with van der Waals surface area (Å²) < 4.78 is 0. The minimum atomic E-state index is 0.681. The van der Waals surface area contributed by atoms with Crippen LogP contribution >= 0.6 is 21.6 Å². The van der Waals surface area contributed by atoms with Gasteiger partial charge in [-0.1, -0.05) is 46.7 Å². The first-order valence-electron chi connectivity index (χ1n) is 3.46. The maximum Gasteiger partial charge on any atom is 0.0394 e. The van der Waals surface area contributed by atoms with E-state index in [9.17, 15) is 0 Å². The molecule has 1 aliphatic rings. The standard InChI is InChI=1S/C8H12S2/c1-3-4-8-7(2)5-6-9-10-8/h3-8H,1-2H3/b4-3-. The summed E-state index contributed by atoms with van der Waals surface area (Å²) in [4.78, 5) is 0. The average Bonchev–Trinajstić information content (AvgIpc) is 1.94. The molecule has 0 fully saturated rings. The quantitative estimate of drug-likeness (QED) is 0.439. The normalized spacial score (nSPS) is 33.4. The molecule has 0 aromatic rings. The van der Waals surface area contributed by atoms with Gasteiger partial charge in [-0.25, -0.2) is 0 Å². The van der Waals surface area contributed by atoms with E-state index in [2.05, 4.69) is 37.5 Å². The molecule has 0 nitrogen and oxygen atoms in total. The topological polar surface area (TPSA) is 0 Å². The molecule has 0 amide bonds. The van der Waals surface area contributed by atoms with Gasteiger partial charge in [0.1, 0.15) is 0 Å². The smallest absolute Gasteiger partial charge is 0.0394 e. The lowest BCUT2D eigenvalue weighted by atomic mass is 10.1. The molecule has 0 aromatic heterocycles. The zero-order chi connectivity index (χ0) is 7.40. The van der Waals surface area contributed by atoms with Gasteiger partial charge in [0.15, 0.2) is 0 Å². The summed E-state index contributed by atoms with van der Waals surface area (Å²) in [5.74, 6) is 0.697. The predicted octanol–water partition coefficient (Wildman–Crippen LogP) is 3.48. The zero-order valence-electron chi connectivity index (χ0n) is 6.28. The number of allylic oxidation sites excluding steroid dienone is 2. The molecule has 2 unspecified atom stereocenters. The second-order valence-corrected chi connectivity index (χ2v) is 4.73. The van der Waals surface area contributed by atoms with Gasteiger partial charge < -0.3 is 0 Å². The molecule has 0 saturated carbocycles. The van der Waals surface area contributed by atoms with Gasteiger partial charge in [-0.3, -0.25) is 0 Å². The summed E-state index contributed by atoms with van der Waals surface area (Å²) in [7, 11) is 3.77. The van der Waals surface area contributed by atoms with Gasteiger partial charge in [0, 0.05) is 5.25 Å². The Balaban J connectivity index is 2.52. The van der Waals surface area contributed by atoms with Crippen LogP contribution in [0.2, 0.25) is 0 Å². The Morgan fingerprint density at radius 2 is 2.30 bits per heavy atom. The van der Waals surface area contributed by atoms with Crippen LogP contribution in [-0.4, -0.2) is 5.25 Å². The van der Waals surface area contributed by atoms with Gasteiger partial charge in [-0.05, 0) is 18.2 Å². The molecule has 0 saturated heterocycles. The Morgan fingerprint density at radius 1 is 1.50 bits per heavy atom. The van der Waals surface area contributed by atoms with Gasteiger partial charge in [0.2, 0.25) is 0 Å². The summed E-state index contributed by atoms with van der Waals surface area (Å²) in [6.45, 7) is 4.34. The lowest BCUT2D eigenvalue weighted by molar-refractivity contribution is 0.763. The Bertz CT molecular complexity index is 149. The summed E-state index contributed by atoms with van der Waals surface area (Å²) in [5, 5.41) is 2.86. The Hall–Kier alpha value is 0.180. The van der Waals surface area contributed by atoms with Crippen LogP contribution in [0.5, 0.6) is 0 Å². The van der Waals surface area contributed by atoms with Crippen molar-refractivity contribution >= 4 is 21.6 Å². The largest absolute Gasteiger partial charge is 0.0905 e. The van der Waals surface area contributed by atoms with Crippen molar-refractivity contribution in [2.45, 2.75) is 19.1 Å². The highest BCUT2D eigenvalue weighted by atomic mass is 33.1. The van der Waals surface area contributed by atoms with Crippen LogP contribution in [-0.2, 0) is 0 Å². The van der Waals surface area contributed by atoms with Gasteiger partial charge in [-0.15, -0.1) is 0 Å². The molecular formula is C8H12S2. The van der Waals surface area contributed by atoms with Crippen molar-refractivity contribution in [2.24, 2.45) is 5.92 Å². The minimum Gasteiger partial charge on any atom is -0.0905 e. The first-order chi connectivity index (χ1) is 4.84. The molecule has 0 aromatic carbocycles. The maximum absolute atomic E-state index is 2.27. The second-order valence-electron chi connectivity index (χ2n) is 2.37. The molecule has 56 valence electrons. The highest BCUT2D eigenvalue weighted by Gasteiger charge is 2.14. The van der Waals surface area contributed by atoms with Gasteiger partial charge >= 0.3 is 0 Å². The summed E-state index contributed by atoms with van der Waals surface area (Å²) >= 11 is 0. The molecule has 2 heteroatoms. The molecule has 0 aliphatic carbocycles. The van der Waals surface area contributed by atoms with E-state index in [0.717, 1.165) is 0 Å². The highest BCUT2D eigenvalue weighted by molar-refractivity contribution is 8.78. The van der Waals surface area contributed by atoms with E-state index in [4.69, 9.17) is 0 Å². The van der Waals surface area contributed by atoms with E-state index < -0.39 is 0 Å². The lowest BCUT2D eigenvalue weighted by Crippen LogP contribution is -2.09. The third-order valence-electron chi connectivity index (χ3n) is 1.50. The van der Waals surface area contributed by atoms with E-state index in [1.807, 2.05) is 21.6 Å². The van der Waals surface area contributed by atoms with Crippen molar-refractivity contribution in [2.75, 3.05) is 0 Å². The average molecular weight is 172 g/mol. The second kappa shape index (κ2) is 4.14. The zero-order valence-corrected chi connectivity index (χ0v) is 7.91. The van der Waals surface area contributed by atoms with Crippen LogP contribution in [0.4, 0.5) is 0 Å². The van der Waals surface area contributed by atoms with E-state index >= 15 is 0 Å². The monoisotopic (exact) mass is 172 g/mol. The van der Waals surface area contributed by atoms with Gasteiger partial charge in [0.05, 0.1) is 0 Å². The molecule has 0 spiro atoms. The summed E-state index contributed by atoms with van der Waals surface area (Å²) in [5.41, 5.74) is 0. The first kappa shape index (κ1) is 8.28. The Kier molecular flexibility index (Phi) is 3.43. The molecule has 0 bridgehead atoms. The fourth-order valence-electron chi connectivity index (χ4n) is 0.846. The fourth-order valence-corrected chi connectivity index (χ4v) is 3.33. The molecule has 10 heavy (non-hydrogen) atoms. The highest BCUT2D eigenvalue weighted by Crippen LogP contribution is 2.38. The summed E-state index contributed by atoms with van der Waals surface area (Å²) in [6, 6.07) is 0. The Morgan fingerprint density at radius 3 is 2.90 bits per heavy atom. The molecule has 1 rings (SSSR count). The molecule has 0 radical (unpaired) electrons. The molecular weight excluding hydrogens is 160 g/mol. The van der Waals surface area contributed by atoms with E-state index in [1.165, 1.54) is 0 Å². The lowest BCUT2D eigenvalue weighted by Gasteiger charge is -2.19. The SMILES string of the molecule is C/C=C\C1SSC=CC1C. The van der Waals surface area contributed by atoms with Crippen LogP contribution in [0.25, 0.3) is 0 Å². The van der Waals surface area contributed by atoms with Crippen LogP contribution in [0, 0.1) is 5.92 Å². The third kappa shape index (κ3) is 2.10. The fraction of sp³-hybridized carbons (Fsp3) is 0.500. The summed E-state index contributed by atoms with van der Waals surface area (Å²) in [6.07, 6.45) is 6.67. The predicted molar refractivity (Wildman–Crippen MR) is 52.1 cm³/mol. The van der Waals surface area contributed by atoms with Gasteiger partial charge in [-0.2, -0.15) is 0 Å². The van der Waals surface area contributed by atoms with Crippen LogP contribution in [0.3, 0.4) is 0 Å². The van der Waals surface area contributed by atoms with Gasteiger partial charge in [0.25, 0.3) is 0 Å². The van der Waals surface area contributed by atoms with Crippen molar-refractivity contribution in [1.82, 2.24) is 0 Å². The van der Waals surface area contributed by atoms with E-state index in [-0.39, 0.29) is 0 Å². The van der Waals surface area contributed by atoms with Crippen molar-refractivity contribution in [3.8, 4) is 0 Å². The van der Waals surface area contributed by atoms with Crippen molar-refractivity contribution in [3.63, 3.8) is 0 Å². The minimum absolute atomic E-state index is 0.681. The van der Waals surface area contributed by atoms with E-state index in [0.29, 0.717) is 11.2 Å². The number of hydrogen-bond acceptors (Lipinski definition) is 2. The van der Waals surface area contributed by atoms with Crippen molar-refractivity contribution in [3.05, 3.63) is 23.6 Å². The molecule has 0 N–H and O–H groups in total. The number of rotatable bonds is 1.